The highest BCUT2D eigenvalue weighted by molar-refractivity contribution is 7.89. The van der Waals surface area contributed by atoms with E-state index in [0.717, 1.165) is 22.4 Å². The third-order valence-electron chi connectivity index (χ3n) is 8.43. The minimum Gasteiger partial charge on any atom is -0.409 e. The quantitative estimate of drug-likeness (QED) is 0.112. The fourth-order valence-corrected chi connectivity index (χ4v) is 7.71. The van der Waals surface area contributed by atoms with Gasteiger partial charge in [0, 0.05) is 37.4 Å². The number of nitrogens with zero attached hydrogens (tertiary/aromatic N) is 3. The van der Waals surface area contributed by atoms with Crippen molar-refractivity contribution in [3.05, 3.63) is 94.5 Å². The zero-order valence-electron chi connectivity index (χ0n) is 27.2. The maximum atomic E-state index is 14.4. The highest BCUT2D eigenvalue weighted by Gasteiger charge is 2.34. The van der Waals surface area contributed by atoms with Crippen LogP contribution in [0, 0.1) is 0 Å². The first-order chi connectivity index (χ1) is 21.3. The van der Waals surface area contributed by atoms with Gasteiger partial charge in [0.2, 0.25) is 15.9 Å². The molecule has 0 aliphatic carbocycles. The number of para-hydroxylation sites is 1. The maximum absolute atomic E-state index is 14.4. The number of piperazine rings is 1. The van der Waals surface area contributed by atoms with Gasteiger partial charge in [-0.3, -0.25) is 4.79 Å². The van der Waals surface area contributed by atoms with Crippen molar-refractivity contribution >= 4 is 27.5 Å². The van der Waals surface area contributed by atoms with Crippen LogP contribution in [0.1, 0.15) is 87.1 Å². The molecule has 10 heteroatoms. The van der Waals surface area contributed by atoms with E-state index in [1.807, 2.05) is 76.2 Å². The molecule has 4 N–H and O–H groups in total. The van der Waals surface area contributed by atoms with Gasteiger partial charge in [-0.2, -0.15) is 4.72 Å². The van der Waals surface area contributed by atoms with Gasteiger partial charge in [-0.25, -0.2) is 8.42 Å². The Kier molecular flexibility index (Phi) is 10.9. The van der Waals surface area contributed by atoms with Crippen molar-refractivity contribution in [2.75, 3.05) is 31.1 Å². The number of amides is 1. The number of hydrogen-bond acceptors (Lipinski definition) is 6. The Morgan fingerprint density at radius 3 is 2.00 bits per heavy atom. The molecule has 0 spiro atoms. The van der Waals surface area contributed by atoms with Crippen molar-refractivity contribution in [1.29, 1.82) is 0 Å². The van der Waals surface area contributed by atoms with Crippen LogP contribution in [-0.4, -0.2) is 62.5 Å². The molecule has 3 aromatic carbocycles. The van der Waals surface area contributed by atoms with E-state index in [-0.39, 0.29) is 40.8 Å². The average Bonchev–Trinajstić information content (AvgIpc) is 3.03. The summed E-state index contributed by atoms with van der Waals surface area (Å²) in [6, 6.07) is 19.9. The molecule has 3 aromatic rings. The van der Waals surface area contributed by atoms with Gasteiger partial charge in [0.1, 0.15) is 6.04 Å². The predicted molar refractivity (Wildman–Crippen MR) is 181 cm³/mol. The van der Waals surface area contributed by atoms with Crippen LogP contribution < -0.4 is 15.4 Å². The van der Waals surface area contributed by atoms with Crippen LogP contribution in [0.3, 0.4) is 0 Å². The summed E-state index contributed by atoms with van der Waals surface area (Å²) in [5.74, 6) is -0.214. The number of oxime groups is 1. The second-order valence-corrected chi connectivity index (χ2v) is 14.4. The number of anilines is 1. The van der Waals surface area contributed by atoms with Crippen LogP contribution >= 0.6 is 0 Å². The zero-order chi connectivity index (χ0) is 32.9. The van der Waals surface area contributed by atoms with Crippen molar-refractivity contribution < 1.29 is 18.4 Å². The lowest BCUT2D eigenvalue weighted by Crippen LogP contribution is -2.55. The largest absolute Gasteiger partial charge is 0.409 e. The topological polar surface area (TPSA) is 128 Å². The Morgan fingerprint density at radius 2 is 1.47 bits per heavy atom. The van der Waals surface area contributed by atoms with E-state index < -0.39 is 16.1 Å². The maximum Gasteiger partial charge on any atom is 0.241 e. The summed E-state index contributed by atoms with van der Waals surface area (Å²) >= 11 is 0. The molecule has 0 aromatic heterocycles. The average molecular weight is 634 g/mol. The molecule has 45 heavy (non-hydrogen) atoms. The second-order valence-electron chi connectivity index (χ2n) is 12.7. The molecule has 1 amide bonds. The van der Waals surface area contributed by atoms with Crippen LogP contribution in [0.2, 0.25) is 0 Å². The number of amidine groups is 1. The van der Waals surface area contributed by atoms with Crippen molar-refractivity contribution in [3.8, 4) is 0 Å². The fraction of sp³-hybridized carbons (Fsp3) is 0.429. The minimum absolute atomic E-state index is 0.0505. The van der Waals surface area contributed by atoms with E-state index in [1.54, 1.807) is 23.1 Å². The lowest BCUT2D eigenvalue weighted by atomic mass is 9.89. The Hall–Kier alpha value is -3.89. The monoisotopic (exact) mass is 633 g/mol. The predicted octanol–water partition coefficient (Wildman–Crippen LogP) is 5.39. The van der Waals surface area contributed by atoms with Crippen LogP contribution in [0.5, 0.6) is 0 Å². The molecule has 1 saturated heterocycles. The van der Waals surface area contributed by atoms with Gasteiger partial charge in [0.15, 0.2) is 5.84 Å². The number of rotatable bonds is 11. The Morgan fingerprint density at radius 1 is 0.867 bits per heavy atom. The van der Waals surface area contributed by atoms with E-state index in [1.165, 1.54) is 0 Å². The lowest BCUT2D eigenvalue weighted by Gasteiger charge is -2.37. The zero-order valence-corrected chi connectivity index (χ0v) is 28.0. The molecule has 9 nitrogen and oxygen atoms in total. The molecule has 1 heterocycles. The highest BCUT2D eigenvalue weighted by atomic mass is 32.2. The van der Waals surface area contributed by atoms with Crippen LogP contribution in [0.4, 0.5) is 5.69 Å². The molecule has 0 radical (unpaired) electrons. The normalized spacial score (nSPS) is 15.3. The van der Waals surface area contributed by atoms with Gasteiger partial charge in [-0.15, -0.1) is 0 Å². The van der Waals surface area contributed by atoms with Gasteiger partial charge in [0.05, 0.1) is 4.90 Å². The number of carbonyl (C=O) groups excluding carboxylic acids is 1. The van der Waals surface area contributed by atoms with Gasteiger partial charge >= 0.3 is 0 Å². The van der Waals surface area contributed by atoms with Gasteiger partial charge < -0.3 is 20.7 Å². The van der Waals surface area contributed by atoms with Gasteiger partial charge in [0.25, 0.3) is 0 Å². The van der Waals surface area contributed by atoms with Gasteiger partial charge in [-0.05, 0) is 64.6 Å². The number of carbonyl (C=O) groups is 1. The molecule has 1 atom stereocenters. The van der Waals surface area contributed by atoms with Crippen molar-refractivity contribution in [2.24, 2.45) is 10.9 Å². The first-order valence-electron chi connectivity index (χ1n) is 15.7. The summed E-state index contributed by atoms with van der Waals surface area (Å²) in [6.45, 7) is 14.4. The first-order valence-corrected chi connectivity index (χ1v) is 17.2. The summed E-state index contributed by atoms with van der Waals surface area (Å²) < 4.78 is 31.8. The van der Waals surface area contributed by atoms with E-state index in [2.05, 4.69) is 28.6 Å². The molecule has 242 valence electrons. The van der Waals surface area contributed by atoms with Crippen molar-refractivity contribution in [3.63, 3.8) is 0 Å². The summed E-state index contributed by atoms with van der Waals surface area (Å²) in [5, 5.41) is 12.3. The van der Waals surface area contributed by atoms with E-state index >= 15 is 0 Å². The van der Waals surface area contributed by atoms with Crippen molar-refractivity contribution in [1.82, 2.24) is 9.62 Å². The first kappa shape index (κ1) is 34.0. The molecule has 1 aliphatic rings. The molecule has 0 saturated carbocycles. The summed E-state index contributed by atoms with van der Waals surface area (Å²) in [6.07, 6.45) is 0.0988. The van der Waals surface area contributed by atoms with Crippen LogP contribution in [0.15, 0.2) is 76.8 Å². The smallest absolute Gasteiger partial charge is 0.241 e. The Balaban J connectivity index is 1.72. The Labute approximate surface area is 268 Å². The second kappa shape index (κ2) is 14.5. The Bertz CT molecular complexity index is 1580. The summed E-state index contributed by atoms with van der Waals surface area (Å²) in [4.78, 5) is 18.4. The van der Waals surface area contributed by atoms with E-state index in [9.17, 15) is 18.4 Å². The lowest BCUT2D eigenvalue weighted by molar-refractivity contribution is -0.133. The number of nitrogens with one attached hydrogen (secondary N) is 1. The standard InChI is InChI=1S/C35H47N5O4S/c1-23(2)28-21-30(24(3)4)33(31(22-28)25(5)6)45(43,44)38-32(20-26-11-10-12-27(19-26)34(36)37-42)35(41)40-17-15-39(16-18-40)29-13-8-7-9-14-29/h7-14,19,21-25,32,38,42H,15-18,20H2,1-6H3,(H2,36,37). The van der Waals surface area contributed by atoms with E-state index in [4.69, 9.17) is 5.73 Å². The molecule has 1 aliphatic heterocycles. The van der Waals surface area contributed by atoms with E-state index in [0.29, 0.717) is 37.3 Å². The number of benzene rings is 3. The number of sulfonamides is 1. The molecule has 4 rings (SSSR count). The fourth-order valence-electron chi connectivity index (χ4n) is 5.82. The molecular formula is C35H47N5O4S. The highest BCUT2D eigenvalue weighted by Crippen LogP contribution is 2.35. The number of hydrogen-bond donors (Lipinski definition) is 3. The number of nitrogens with two attached hydrogens (primary N) is 1. The molecule has 1 unspecified atom stereocenters. The van der Waals surface area contributed by atoms with Crippen LogP contribution in [-0.2, 0) is 21.2 Å². The molecule has 1 fully saturated rings. The van der Waals surface area contributed by atoms with Gasteiger partial charge in [-0.1, -0.05) is 95.2 Å². The third kappa shape index (κ3) is 8.04. The summed E-state index contributed by atoms with van der Waals surface area (Å²) in [7, 11) is -4.14. The van der Waals surface area contributed by atoms with Crippen molar-refractivity contribution in [2.45, 2.75) is 76.7 Å². The minimum atomic E-state index is -4.14. The SMILES string of the molecule is CC(C)c1cc(C(C)C)c(S(=O)(=O)NC(Cc2cccc(/C(N)=N/O)c2)C(=O)N2CCN(c3ccccc3)CC2)c(C(C)C)c1. The van der Waals surface area contributed by atoms with Crippen LogP contribution in [0.25, 0.3) is 0 Å². The molecular weight excluding hydrogens is 586 g/mol. The summed E-state index contributed by atoms with van der Waals surface area (Å²) in [5.41, 5.74) is 10.7. The third-order valence-corrected chi connectivity index (χ3v) is 10.0. The molecule has 0 bridgehead atoms.